The average Bonchev–Trinajstić information content (AvgIpc) is 3.61. The van der Waals surface area contributed by atoms with E-state index in [1.165, 1.54) is 0 Å². The largest absolute Gasteiger partial charge is 0.394 e. The van der Waals surface area contributed by atoms with Gasteiger partial charge in [-0.05, 0) is 31.2 Å². The monoisotopic (exact) mass is 567 g/mol. The molecule has 1 spiro atoms. The van der Waals surface area contributed by atoms with E-state index in [4.69, 9.17) is 0 Å². The average molecular weight is 568 g/mol. The van der Waals surface area contributed by atoms with Crippen molar-refractivity contribution in [2.24, 2.45) is 11.8 Å². The minimum absolute atomic E-state index is 0.000295. The van der Waals surface area contributed by atoms with E-state index in [0.29, 0.717) is 32.6 Å². The number of hydrogen-bond donors (Lipinski definition) is 1. The lowest BCUT2D eigenvalue weighted by molar-refractivity contribution is -0.147. The first-order valence-electron chi connectivity index (χ1n) is 14.8. The van der Waals surface area contributed by atoms with Gasteiger partial charge in [0.25, 0.3) is 0 Å². The fraction of sp³-hybridized carbons (Fsp3) is 0.594. The molecule has 2 unspecified atom stereocenters. The van der Waals surface area contributed by atoms with Crippen molar-refractivity contribution in [3.63, 3.8) is 0 Å². The first-order chi connectivity index (χ1) is 19.4. The highest BCUT2D eigenvalue weighted by atomic mass is 32.2. The lowest BCUT2D eigenvalue weighted by Crippen LogP contribution is -2.56. The van der Waals surface area contributed by atoms with Crippen LogP contribution in [0.5, 0.6) is 0 Å². The highest BCUT2D eigenvalue weighted by molar-refractivity contribution is 8.02. The molecule has 3 aliphatic heterocycles. The molecule has 0 aromatic heterocycles. The molecule has 3 aliphatic rings. The van der Waals surface area contributed by atoms with Crippen molar-refractivity contribution in [1.82, 2.24) is 14.7 Å². The van der Waals surface area contributed by atoms with Crippen LogP contribution < -0.4 is 0 Å². The molecule has 6 atom stereocenters. The highest BCUT2D eigenvalue weighted by Gasteiger charge is 2.74. The molecule has 1 aromatic rings. The Balaban J connectivity index is 1.79. The number of nitrogens with zero attached hydrogens (tertiary/aromatic N) is 3. The van der Waals surface area contributed by atoms with Gasteiger partial charge in [0.1, 0.15) is 6.04 Å². The molecule has 0 saturated carbocycles. The Hall–Kier alpha value is -2.58. The summed E-state index contributed by atoms with van der Waals surface area (Å²) >= 11 is 1.68. The van der Waals surface area contributed by atoms with Gasteiger partial charge >= 0.3 is 0 Å². The van der Waals surface area contributed by atoms with Crippen molar-refractivity contribution >= 4 is 29.5 Å². The van der Waals surface area contributed by atoms with E-state index in [9.17, 15) is 19.5 Å². The zero-order valence-electron chi connectivity index (χ0n) is 24.0. The second-order valence-corrected chi connectivity index (χ2v) is 12.9. The van der Waals surface area contributed by atoms with E-state index in [-0.39, 0.29) is 29.6 Å². The summed E-state index contributed by atoms with van der Waals surface area (Å²) in [5, 5.41) is 10.7. The SMILES string of the molecule is C=CCN(CCCCC)C(=O)C1N([C@H](CO)c2ccccc2)C(=O)[C@@H]2[C@H](C(=O)N(CC=C)CCC)[C@@H]3CCC12S3. The number of carbonyl (C=O) groups excluding carboxylic acids is 3. The molecule has 4 rings (SSSR count). The molecule has 3 fully saturated rings. The number of aliphatic hydroxyl groups excluding tert-OH is 1. The number of amides is 3. The third kappa shape index (κ3) is 5.37. The van der Waals surface area contributed by atoms with E-state index in [1.54, 1.807) is 28.8 Å². The molecule has 40 heavy (non-hydrogen) atoms. The summed E-state index contributed by atoms with van der Waals surface area (Å²) < 4.78 is -0.697. The molecule has 8 heteroatoms. The predicted octanol–water partition coefficient (Wildman–Crippen LogP) is 4.44. The standard InChI is InChI=1S/C32H45N3O4S/c1-5-9-13-21-34(20-8-4)31(39)28-32-17-16-25(40-32)26(29(37)33(18-6-2)19-7-3)27(32)30(38)35(28)24(22-36)23-14-11-10-12-15-23/h6,8,10-12,14-15,24-28,36H,2,4-5,7,9,13,16-22H2,1,3H3/t24-,25+,26-,27+,28?,32?/m1/s1. The molecule has 3 heterocycles. The maximum Gasteiger partial charge on any atom is 0.247 e. The summed E-state index contributed by atoms with van der Waals surface area (Å²) in [6.07, 6.45) is 8.71. The third-order valence-corrected chi connectivity index (χ3v) is 10.7. The molecular formula is C32H45N3O4S. The minimum Gasteiger partial charge on any atom is -0.394 e. The smallest absolute Gasteiger partial charge is 0.247 e. The third-order valence-electron chi connectivity index (χ3n) is 8.80. The van der Waals surface area contributed by atoms with Gasteiger partial charge in [-0.2, -0.15) is 0 Å². The van der Waals surface area contributed by atoms with Gasteiger partial charge in [-0.1, -0.05) is 69.2 Å². The maximum atomic E-state index is 14.6. The number of likely N-dealkylation sites (tertiary alicyclic amines) is 1. The van der Waals surface area contributed by atoms with Crippen LogP contribution in [0.4, 0.5) is 0 Å². The van der Waals surface area contributed by atoms with Gasteiger partial charge in [0.2, 0.25) is 17.7 Å². The van der Waals surface area contributed by atoms with Gasteiger partial charge in [0, 0.05) is 31.4 Å². The van der Waals surface area contributed by atoms with Crippen LogP contribution in [0.3, 0.4) is 0 Å². The van der Waals surface area contributed by atoms with E-state index in [2.05, 4.69) is 20.1 Å². The van der Waals surface area contributed by atoms with Crippen LogP contribution in [-0.2, 0) is 14.4 Å². The molecule has 7 nitrogen and oxygen atoms in total. The van der Waals surface area contributed by atoms with Crippen LogP contribution in [0.2, 0.25) is 0 Å². The van der Waals surface area contributed by atoms with Crippen LogP contribution in [0.15, 0.2) is 55.6 Å². The number of hydrogen-bond acceptors (Lipinski definition) is 5. The summed E-state index contributed by atoms with van der Waals surface area (Å²) in [4.78, 5) is 48.5. The molecule has 0 aliphatic carbocycles. The van der Waals surface area contributed by atoms with Gasteiger partial charge in [0.05, 0.1) is 29.2 Å². The lowest BCUT2D eigenvalue weighted by atomic mass is 9.70. The van der Waals surface area contributed by atoms with Crippen molar-refractivity contribution in [1.29, 1.82) is 0 Å². The zero-order chi connectivity index (χ0) is 28.9. The Bertz CT molecular complexity index is 1080. The molecule has 2 bridgehead atoms. The van der Waals surface area contributed by atoms with Gasteiger partial charge in [0.15, 0.2) is 0 Å². The fourth-order valence-corrected chi connectivity index (χ4v) is 9.31. The summed E-state index contributed by atoms with van der Waals surface area (Å²) in [5.41, 5.74) is 0.787. The van der Waals surface area contributed by atoms with Crippen LogP contribution >= 0.6 is 11.8 Å². The Morgan fingerprint density at radius 1 is 1.07 bits per heavy atom. The molecule has 218 valence electrons. The van der Waals surface area contributed by atoms with E-state index in [1.807, 2.05) is 47.1 Å². The topological polar surface area (TPSA) is 81.2 Å². The summed E-state index contributed by atoms with van der Waals surface area (Å²) in [6.45, 7) is 13.6. The van der Waals surface area contributed by atoms with Crippen molar-refractivity contribution in [3.05, 3.63) is 61.2 Å². The highest BCUT2D eigenvalue weighted by Crippen LogP contribution is 2.67. The van der Waals surface area contributed by atoms with Crippen LogP contribution in [0.1, 0.15) is 64.0 Å². The van der Waals surface area contributed by atoms with E-state index in [0.717, 1.165) is 37.7 Å². The van der Waals surface area contributed by atoms with Gasteiger partial charge in [-0.25, -0.2) is 0 Å². The first-order valence-corrected chi connectivity index (χ1v) is 15.7. The van der Waals surface area contributed by atoms with Gasteiger partial charge in [-0.15, -0.1) is 24.9 Å². The van der Waals surface area contributed by atoms with Crippen LogP contribution in [-0.4, -0.2) is 86.4 Å². The molecule has 0 radical (unpaired) electrons. The predicted molar refractivity (Wildman–Crippen MR) is 161 cm³/mol. The summed E-state index contributed by atoms with van der Waals surface area (Å²) in [6, 6.07) is 8.03. The number of thioether (sulfide) groups is 1. The number of carbonyl (C=O) groups is 3. The van der Waals surface area contributed by atoms with Crippen LogP contribution in [0, 0.1) is 11.8 Å². The van der Waals surface area contributed by atoms with Gasteiger partial charge < -0.3 is 19.8 Å². The molecular weight excluding hydrogens is 522 g/mol. The summed E-state index contributed by atoms with van der Waals surface area (Å²) in [5.74, 6) is -1.38. The Kier molecular flexibility index (Phi) is 10.2. The first kappa shape index (κ1) is 30.4. The molecule has 3 saturated heterocycles. The second kappa shape index (κ2) is 13.4. The quantitative estimate of drug-likeness (QED) is 0.250. The van der Waals surface area contributed by atoms with Crippen molar-refractivity contribution in [3.8, 4) is 0 Å². The van der Waals surface area contributed by atoms with E-state index < -0.39 is 28.7 Å². The zero-order valence-corrected chi connectivity index (χ0v) is 24.9. The Morgan fingerprint density at radius 3 is 2.35 bits per heavy atom. The summed E-state index contributed by atoms with van der Waals surface area (Å²) in [7, 11) is 0. The Morgan fingerprint density at radius 2 is 1.75 bits per heavy atom. The minimum atomic E-state index is -0.754. The molecule has 3 amide bonds. The molecule has 1 N–H and O–H groups in total. The molecule has 1 aromatic carbocycles. The number of benzene rings is 1. The van der Waals surface area contributed by atoms with E-state index >= 15 is 0 Å². The van der Waals surface area contributed by atoms with Crippen molar-refractivity contribution in [2.75, 3.05) is 32.8 Å². The van der Waals surface area contributed by atoms with Crippen molar-refractivity contribution in [2.45, 2.75) is 74.5 Å². The Labute approximate surface area is 243 Å². The van der Waals surface area contributed by atoms with Crippen molar-refractivity contribution < 1.29 is 19.5 Å². The number of unbranched alkanes of at least 4 members (excludes halogenated alkanes) is 2. The van der Waals surface area contributed by atoms with Gasteiger partial charge in [-0.3, -0.25) is 14.4 Å². The maximum absolute atomic E-state index is 14.6. The number of rotatable bonds is 15. The normalized spacial score (nSPS) is 27.4. The fourth-order valence-electron chi connectivity index (χ4n) is 7.12. The number of aliphatic hydroxyl groups is 1. The van der Waals surface area contributed by atoms with Crippen LogP contribution in [0.25, 0.3) is 0 Å². The number of fused-ring (bicyclic) bond motifs is 1. The second-order valence-electron chi connectivity index (χ2n) is 11.3. The lowest BCUT2D eigenvalue weighted by Gasteiger charge is -2.40.